The van der Waals surface area contributed by atoms with Crippen LogP contribution in [0.3, 0.4) is 0 Å². The van der Waals surface area contributed by atoms with Crippen LogP contribution >= 0.6 is 0 Å². The number of ether oxygens (including phenoxy) is 1. The van der Waals surface area contributed by atoms with E-state index < -0.39 is 11.4 Å². The van der Waals surface area contributed by atoms with Gasteiger partial charge in [0.05, 0.1) is 7.11 Å². The number of hydrogen-bond donors (Lipinski definition) is 2. The molecular weight excluding hydrogens is 311 g/mol. The fourth-order valence-corrected chi connectivity index (χ4v) is 3.13. The predicted octanol–water partition coefficient (Wildman–Crippen LogP) is 2.33. The number of carbonyl (C=O) groups excluding carboxylic acids is 2. The van der Waals surface area contributed by atoms with Gasteiger partial charge in [-0.15, -0.1) is 0 Å². The molecule has 1 fully saturated rings. The second-order valence-corrected chi connectivity index (χ2v) is 6.70. The Kier molecular flexibility index (Phi) is 5.80. The van der Waals surface area contributed by atoms with Crippen molar-refractivity contribution in [3.63, 3.8) is 0 Å². The molecular formula is C18H25FN2O3. The van der Waals surface area contributed by atoms with E-state index in [4.69, 9.17) is 4.74 Å². The number of hydrogen-bond acceptors (Lipinski definition) is 3. The smallest absolute Gasteiger partial charge is 0.220 e. The lowest BCUT2D eigenvalue weighted by Gasteiger charge is -2.29. The summed E-state index contributed by atoms with van der Waals surface area (Å²) in [5.41, 5.74) is 0.411. The third-order valence-corrected chi connectivity index (χ3v) is 4.27. The van der Waals surface area contributed by atoms with Crippen LogP contribution in [0.4, 0.5) is 4.39 Å². The van der Waals surface area contributed by atoms with Crippen molar-refractivity contribution < 1.29 is 18.7 Å². The van der Waals surface area contributed by atoms with Crippen LogP contribution in [0.5, 0.6) is 5.75 Å². The lowest BCUT2D eigenvalue weighted by Crippen LogP contribution is -2.45. The Labute approximate surface area is 142 Å². The monoisotopic (exact) mass is 336 g/mol. The number of nitrogens with one attached hydrogen (secondary N) is 2. The summed E-state index contributed by atoms with van der Waals surface area (Å²) in [5.74, 6) is -0.262. The maximum absolute atomic E-state index is 13.6. The summed E-state index contributed by atoms with van der Waals surface area (Å²) in [6.45, 7) is 3.83. The molecule has 1 unspecified atom stereocenters. The number of rotatable bonds is 7. The van der Waals surface area contributed by atoms with E-state index in [0.717, 1.165) is 5.56 Å². The number of benzene rings is 1. The quantitative estimate of drug-likeness (QED) is 0.803. The summed E-state index contributed by atoms with van der Waals surface area (Å²) in [4.78, 5) is 23.7. The first kappa shape index (κ1) is 18.2. The number of halogens is 1. The van der Waals surface area contributed by atoms with Gasteiger partial charge in [-0.2, -0.15) is 0 Å². The molecule has 132 valence electrons. The number of amides is 2. The minimum atomic E-state index is -0.464. The lowest BCUT2D eigenvalue weighted by atomic mass is 9.85. The van der Waals surface area contributed by atoms with Crippen molar-refractivity contribution >= 4 is 11.8 Å². The van der Waals surface area contributed by atoms with E-state index in [9.17, 15) is 14.0 Å². The molecule has 1 aliphatic rings. The number of carbonyl (C=O) groups is 2. The summed E-state index contributed by atoms with van der Waals surface area (Å²) < 4.78 is 18.6. The molecule has 2 rings (SSSR count). The van der Waals surface area contributed by atoms with Crippen molar-refractivity contribution in [2.75, 3.05) is 7.11 Å². The van der Waals surface area contributed by atoms with Crippen molar-refractivity contribution in [2.45, 2.75) is 57.5 Å². The first-order valence-corrected chi connectivity index (χ1v) is 8.26. The molecule has 0 bridgehead atoms. The van der Waals surface area contributed by atoms with Crippen LogP contribution in [0.1, 0.15) is 45.1 Å². The normalized spacial score (nSPS) is 20.1. The second-order valence-electron chi connectivity index (χ2n) is 6.70. The zero-order valence-electron chi connectivity index (χ0n) is 14.4. The molecule has 2 N–H and O–H groups in total. The minimum absolute atomic E-state index is 0.00616. The lowest BCUT2D eigenvalue weighted by molar-refractivity contribution is -0.123. The summed E-state index contributed by atoms with van der Waals surface area (Å²) in [6.07, 6.45) is 2.56. The van der Waals surface area contributed by atoms with Crippen LogP contribution in [-0.2, 0) is 16.0 Å². The molecule has 5 nitrogen and oxygen atoms in total. The molecule has 1 saturated heterocycles. The number of methoxy groups -OCH3 is 1. The third kappa shape index (κ3) is 4.69. The molecule has 0 spiro atoms. The molecule has 2 amide bonds. The van der Waals surface area contributed by atoms with Crippen molar-refractivity contribution in [3.05, 3.63) is 29.6 Å². The highest BCUT2D eigenvalue weighted by Crippen LogP contribution is 2.31. The van der Waals surface area contributed by atoms with Gasteiger partial charge in [-0.25, -0.2) is 4.39 Å². The fourth-order valence-electron chi connectivity index (χ4n) is 3.13. The third-order valence-electron chi connectivity index (χ3n) is 4.27. The van der Waals surface area contributed by atoms with E-state index >= 15 is 0 Å². The van der Waals surface area contributed by atoms with E-state index in [2.05, 4.69) is 10.6 Å². The van der Waals surface area contributed by atoms with Gasteiger partial charge < -0.3 is 15.4 Å². The standard InChI is InChI=1S/C18H25FN2O3/c1-12(2)20-16(22)6-8-18(9-7-17(23)21-18)11-13-4-5-14(19)15(10-13)24-3/h4-5,10,12H,6-9,11H2,1-3H3,(H,20,22)(H,21,23). The molecule has 1 aromatic carbocycles. The Morgan fingerprint density at radius 2 is 2.21 bits per heavy atom. The van der Waals surface area contributed by atoms with E-state index in [1.165, 1.54) is 13.2 Å². The molecule has 24 heavy (non-hydrogen) atoms. The van der Waals surface area contributed by atoms with Crippen LogP contribution < -0.4 is 15.4 Å². The summed E-state index contributed by atoms with van der Waals surface area (Å²) in [7, 11) is 1.42. The molecule has 1 atom stereocenters. The zero-order chi connectivity index (χ0) is 17.7. The minimum Gasteiger partial charge on any atom is -0.494 e. The van der Waals surface area contributed by atoms with Crippen LogP contribution in [0, 0.1) is 5.82 Å². The summed E-state index contributed by atoms with van der Waals surface area (Å²) in [6, 6.07) is 4.80. The SMILES string of the molecule is COc1cc(CC2(CCC(=O)NC(C)C)CCC(=O)N2)ccc1F. The van der Waals surface area contributed by atoms with Crippen LogP contribution in [0.25, 0.3) is 0 Å². The maximum atomic E-state index is 13.6. The molecule has 0 aliphatic carbocycles. The molecule has 0 radical (unpaired) electrons. The molecule has 0 aromatic heterocycles. The van der Waals surface area contributed by atoms with E-state index in [-0.39, 0.29) is 23.6 Å². The summed E-state index contributed by atoms with van der Waals surface area (Å²) in [5, 5.41) is 5.89. The van der Waals surface area contributed by atoms with Gasteiger partial charge in [0.1, 0.15) is 0 Å². The van der Waals surface area contributed by atoms with Crippen molar-refractivity contribution in [1.82, 2.24) is 10.6 Å². The maximum Gasteiger partial charge on any atom is 0.220 e. The van der Waals surface area contributed by atoms with E-state index in [1.807, 2.05) is 13.8 Å². The molecule has 1 heterocycles. The first-order valence-electron chi connectivity index (χ1n) is 8.26. The van der Waals surface area contributed by atoms with Crippen LogP contribution in [0.15, 0.2) is 18.2 Å². The van der Waals surface area contributed by atoms with Gasteiger partial charge in [0.15, 0.2) is 11.6 Å². The average Bonchev–Trinajstić information content (AvgIpc) is 2.88. The van der Waals surface area contributed by atoms with Gasteiger partial charge in [0, 0.05) is 24.4 Å². The largest absolute Gasteiger partial charge is 0.494 e. The highest BCUT2D eigenvalue weighted by atomic mass is 19.1. The average molecular weight is 336 g/mol. The predicted molar refractivity (Wildman–Crippen MR) is 89.3 cm³/mol. The van der Waals surface area contributed by atoms with Crippen molar-refractivity contribution in [3.8, 4) is 5.75 Å². The van der Waals surface area contributed by atoms with Gasteiger partial charge in [0.25, 0.3) is 0 Å². The molecule has 6 heteroatoms. The van der Waals surface area contributed by atoms with Gasteiger partial charge in [-0.3, -0.25) is 9.59 Å². The van der Waals surface area contributed by atoms with E-state index in [1.54, 1.807) is 12.1 Å². The van der Waals surface area contributed by atoms with Gasteiger partial charge in [-0.1, -0.05) is 6.07 Å². The van der Waals surface area contributed by atoms with Crippen molar-refractivity contribution in [1.29, 1.82) is 0 Å². The molecule has 0 saturated carbocycles. The van der Waals surface area contributed by atoms with E-state index in [0.29, 0.717) is 32.1 Å². The Morgan fingerprint density at radius 1 is 1.46 bits per heavy atom. The Bertz CT molecular complexity index is 618. The Hall–Kier alpha value is -2.11. The van der Waals surface area contributed by atoms with Crippen molar-refractivity contribution in [2.24, 2.45) is 0 Å². The summed E-state index contributed by atoms with van der Waals surface area (Å²) >= 11 is 0. The second kappa shape index (κ2) is 7.64. The molecule has 1 aromatic rings. The van der Waals surface area contributed by atoms with Gasteiger partial charge in [0.2, 0.25) is 11.8 Å². The molecule has 1 aliphatic heterocycles. The highest BCUT2D eigenvalue weighted by molar-refractivity contribution is 5.80. The highest BCUT2D eigenvalue weighted by Gasteiger charge is 2.38. The van der Waals surface area contributed by atoms with Crippen LogP contribution in [0.2, 0.25) is 0 Å². The fraction of sp³-hybridized carbons (Fsp3) is 0.556. The van der Waals surface area contributed by atoms with Gasteiger partial charge >= 0.3 is 0 Å². The zero-order valence-corrected chi connectivity index (χ0v) is 14.4. The Balaban J connectivity index is 2.10. The Morgan fingerprint density at radius 3 is 2.79 bits per heavy atom. The topological polar surface area (TPSA) is 67.4 Å². The van der Waals surface area contributed by atoms with Gasteiger partial charge in [-0.05, 0) is 50.8 Å². The van der Waals surface area contributed by atoms with Crippen LogP contribution in [-0.4, -0.2) is 30.5 Å². The first-order chi connectivity index (χ1) is 11.3.